The predicted molar refractivity (Wildman–Crippen MR) is 120 cm³/mol. The Morgan fingerprint density at radius 3 is 2.71 bits per heavy atom. The van der Waals surface area contributed by atoms with Crippen LogP contribution in [0, 0.1) is 5.92 Å². The van der Waals surface area contributed by atoms with Gasteiger partial charge >= 0.3 is 0 Å². The number of primary amides is 1. The van der Waals surface area contributed by atoms with Crippen molar-refractivity contribution in [2.24, 2.45) is 11.7 Å². The molecule has 0 radical (unpaired) electrons. The van der Waals surface area contributed by atoms with Gasteiger partial charge in [0.25, 0.3) is 0 Å². The van der Waals surface area contributed by atoms with Crippen LogP contribution in [-0.4, -0.2) is 39.7 Å². The molecule has 0 bridgehead atoms. The number of benzene rings is 1. The molecule has 0 aliphatic carbocycles. The number of carbonyl (C=O) groups is 2. The number of hydrogen-bond acceptors (Lipinski definition) is 5. The highest BCUT2D eigenvalue weighted by atomic mass is 16.1. The van der Waals surface area contributed by atoms with E-state index in [4.69, 9.17) is 5.73 Å². The predicted octanol–water partition coefficient (Wildman–Crippen LogP) is 2.62. The molecular formula is C23H24N6O2. The highest BCUT2D eigenvalue weighted by molar-refractivity contribution is 6.01. The molecule has 1 aliphatic heterocycles. The average Bonchev–Trinajstić information content (AvgIpc) is 3.28. The second kappa shape index (κ2) is 9.25. The van der Waals surface area contributed by atoms with Gasteiger partial charge in [-0.1, -0.05) is 18.2 Å². The summed E-state index contributed by atoms with van der Waals surface area (Å²) in [6.07, 6.45) is 10.1. The van der Waals surface area contributed by atoms with Crippen molar-refractivity contribution in [2.45, 2.75) is 12.8 Å². The van der Waals surface area contributed by atoms with Crippen LogP contribution >= 0.6 is 0 Å². The van der Waals surface area contributed by atoms with E-state index in [-0.39, 0.29) is 17.7 Å². The fraction of sp³-hybridized carbons (Fsp3) is 0.217. The fourth-order valence-electron chi connectivity index (χ4n) is 3.57. The minimum atomic E-state index is -0.269. The average molecular weight is 416 g/mol. The van der Waals surface area contributed by atoms with Crippen LogP contribution in [0.5, 0.6) is 0 Å². The van der Waals surface area contributed by atoms with Gasteiger partial charge in [0.15, 0.2) is 0 Å². The molecule has 8 nitrogen and oxygen atoms in total. The van der Waals surface area contributed by atoms with Crippen molar-refractivity contribution in [1.29, 1.82) is 0 Å². The number of carbonyl (C=O) groups excluding carboxylic acids is 2. The van der Waals surface area contributed by atoms with Crippen LogP contribution in [0.3, 0.4) is 0 Å². The van der Waals surface area contributed by atoms with Crippen molar-refractivity contribution in [1.82, 2.24) is 14.8 Å². The van der Waals surface area contributed by atoms with Gasteiger partial charge in [-0.05, 0) is 43.2 Å². The van der Waals surface area contributed by atoms with E-state index in [9.17, 15) is 9.59 Å². The Bertz CT molecular complexity index is 1070. The normalized spacial score (nSPS) is 16.4. The van der Waals surface area contributed by atoms with Crippen molar-refractivity contribution >= 4 is 29.4 Å². The number of nitrogens with zero attached hydrogens (tertiary/aromatic N) is 4. The number of aromatic nitrogens is 3. The van der Waals surface area contributed by atoms with Gasteiger partial charge in [0.1, 0.15) is 5.82 Å². The number of rotatable bonds is 6. The number of anilines is 2. The highest BCUT2D eigenvalue weighted by Crippen LogP contribution is 2.22. The van der Waals surface area contributed by atoms with Crippen LogP contribution in [-0.2, 0) is 9.59 Å². The maximum atomic E-state index is 12.3. The van der Waals surface area contributed by atoms with Gasteiger partial charge in [0.2, 0.25) is 11.8 Å². The van der Waals surface area contributed by atoms with Crippen LogP contribution in [0.4, 0.5) is 11.5 Å². The van der Waals surface area contributed by atoms with E-state index in [0.717, 1.165) is 36.5 Å². The third-order valence-corrected chi connectivity index (χ3v) is 5.21. The van der Waals surface area contributed by atoms with Gasteiger partial charge in [0, 0.05) is 30.9 Å². The Hall–Kier alpha value is -3.94. The quantitative estimate of drug-likeness (QED) is 0.601. The minimum absolute atomic E-state index is 0.147. The second-order valence-electron chi connectivity index (χ2n) is 7.47. The molecule has 2 aromatic heterocycles. The third kappa shape index (κ3) is 5.16. The van der Waals surface area contributed by atoms with E-state index in [1.165, 1.54) is 6.08 Å². The molecule has 158 valence electrons. The summed E-state index contributed by atoms with van der Waals surface area (Å²) in [5.74, 6) is 0.0996. The maximum absolute atomic E-state index is 12.3. The molecule has 0 spiro atoms. The van der Waals surface area contributed by atoms with E-state index in [1.54, 1.807) is 29.2 Å². The standard InChI is InChI=1S/C23H24N6O2/c24-23(31)18-5-4-12-28(16-18)21-10-9-19(14-25-21)27-22(30)11-8-17-13-26-29(15-17)20-6-2-1-3-7-20/h1-3,6-11,13-15,18H,4-5,12,16H2,(H2,24,31)(H,27,30)/b11-8+. The first-order chi connectivity index (χ1) is 15.1. The van der Waals surface area contributed by atoms with Crippen LogP contribution < -0.4 is 16.0 Å². The Morgan fingerprint density at radius 2 is 1.97 bits per heavy atom. The fourth-order valence-corrected chi connectivity index (χ4v) is 3.57. The number of para-hydroxylation sites is 1. The van der Waals surface area contributed by atoms with Gasteiger partial charge < -0.3 is 16.0 Å². The minimum Gasteiger partial charge on any atom is -0.369 e. The Morgan fingerprint density at radius 1 is 1.13 bits per heavy atom. The molecule has 2 amide bonds. The monoisotopic (exact) mass is 416 g/mol. The molecule has 3 N–H and O–H groups in total. The molecule has 0 saturated carbocycles. The lowest BCUT2D eigenvalue weighted by atomic mass is 9.97. The third-order valence-electron chi connectivity index (χ3n) is 5.21. The van der Waals surface area contributed by atoms with E-state index in [2.05, 4.69) is 20.3 Å². The summed E-state index contributed by atoms with van der Waals surface area (Å²) in [5.41, 5.74) is 7.81. The Kier molecular flexibility index (Phi) is 6.07. The summed E-state index contributed by atoms with van der Waals surface area (Å²) in [5, 5.41) is 7.11. The lowest BCUT2D eigenvalue weighted by Crippen LogP contribution is -2.41. The van der Waals surface area contributed by atoms with Crippen LogP contribution in [0.15, 0.2) is 67.1 Å². The first-order valence-electron chi connectivity index (χ1n) is 10.2. The Balaban J connectivity index is 1.34. The maximum Gasteiger partial charge on any atom is 0.248 e. The zero-order chi connectivity index (χ0) is 21.6. The smallest absolute Gasteiger partial charge is 0.248 e. The molecular weight excluding hydrogens is 392 g/mol. The van der Waals surface area contributed by atoms with Crippen molar-refractivity contribution in [3.05, 3.63) is 72.7 Å². The van der Waals surface area contributed by atoms with E-state index in [0.29, 0.717) is 12.2 Å². The first kappa shape index (κ1) is 20.3. The largest absolute Gasteiger partial charge is 0.369 e. The number of pyridine rings is 1. The van der Waals surface area contributed by atoms with Crippen LogP contribution in [0.2, 0.25) is 0 Å². The highest BCUT2D eigenvalue weighted by Gasteiger charge is 2.24. The van der Waals surface area contributed by atoms with Gasteiger partial charge in [-0.3, -0.25) is 9.59 Å². The summed E-state index contributed by atoms with van der Waals surface area (Å²) >= 11 is 0. The van der Waals surface area contributed by atoms with Crippen molar-refractivity contribution in [3.63, 3.8) is 0 Å². The molecule has 1 saturated heterocycles. The summed E-state index contributed by atoms with van der Waals surface area (Å²) < 4.78 is 1.75. The Labute approximate surface area is 180 Å². The van der Waals surface area contributed by atoms with E-state index >= 15 is 0 Å². The van der Waals surface area contributed by atoms with Gasteiger partial charge in [-0.2, -0.15) is 5.10 Å². The first-order valence-corrected chi connectivity index (χ1v) is 10.2. The summed E-state index contributed by atoms with van der Waals surface area (Å²) in [4.78, 5) is 30.2. The summed E-state index contributed by atoms with van der Waals surface area (Å²) in [6, 6.07) is 13.4. The van der Waals surface area contributed by atoms with Crippen molar-refractivity contribution < 1.29 is 9.59 Å². The van der Waals surface area contributed by atoms with Crippen molar-refractivity contribution in [2.75, 3.05) is 23.3 Å². The molecule has 8 heteroatoms. The van der Waals surface area contributed by atoms with Crippen LogP contribution in [0.1, 0.15) is 18.4 Å². The van der Waals surface area contributed by atoms with Gasteiger partial charge in [-0.25, -0.2) is 9.67 Å². The van der Waals surface area contributed by atoms with E-state index < -0.39 is 0 Å². The number of nitrogens with two attached hydrogens (primary N) is 1. The lowest BCUT2D eigenvalue weighted by molar-refractivity contribution is -0.122. The molecule has 1 atom stereocenters. The molecule has 3 aromatic rings. The zero-order valence-electron chi connectivity index (χ0n) is 17.0. The lowest BCUT2D eigenvalue weighted by Gasteiger charge is -2.32. The van der Waals surface area contributed by atoms with Gasteiger partial charge in [0.05, 0.1) is 29.7 Å². The molecule has 31 heavy (non-hydrogen) atoms. The molecule has 1 unspecified atom stereocenters. The van der Waals surface area contributed by atoms with Crippen molar-refractivity contribution in [3.8, 4) is 5.69 Å². The number of hydrogen-bond donors (Lipinski definition) is 2. The second-order valence-corrected chi connectivity index (χ2v) is 7.47. The molecule has 1 aromatic carbocycles. The van der Waals surface area contributed by atoms with Crippen LogP contribution in [0.25, 0.3) is 11.8 Å². The zero-order valence-corrected chi connectivity index (χ0v) is 17.0. The topological polar surface area (TPSA) is 106 Å². The number of amides is 2. The van der Waals surface area contributed by atoms with E-state index in [1.807, 2.05) is 42.6 Å². The molecule has 1 aliphatic rings. The molecule has 1 fully saturated rings. The van der Waals surface area contributed by atoms with Gasteiger partial charge in [-0.15, -0.1) is 0 Å². The number of nitrogens with one attached hydrogen (secondary N) is 1. The molecule has 3 heterocycles. The molecule has 4 rings (SSSR count). The number of piperidine rings is 1. The SMILES string of the molecule is NC(=O)C1CCCN(c2ccc(NC(=O)/C=C/c3cnn(-c4ccccc4)c3)cn2)C1. The summed E-state index contributed by atoms with van der Waals surface area (Å²) in [7, 11) is 0. The summed E-state index contributed by atoms with van der Waals surface area (Å²) in [6.45, 7) is 1.41.